The molecule has 0 aliphatic carbocycles. The Morgan fingerprint density at radius 2 is 1.71 bits per heavy atom. The van der Waals surface area contributed by atoms with Gasteiger partial charge in [-0.2, -0.15) is 0 Å². The second kappa shape index (κ2) is 8.72. The fraction of sp³-hybridized carbons (Fsp3) is 0.150. The van der Waals surface area contributed by atoms with Gasteiger partial charge in [0.15, 0.2) is 0 Å². The third kappa shape index (κ3) is 4.88. The Labute approximate surface area is 160 Å². The molecule has 2 aromatic carbocycles. The van der Waals surface area contributed by atoms with Gasteiger partial charge in [0.25, 0.3) is 0 Å². The lowest BCUT2D eigenvalue weighted by atomic mass is 10.1. The molecule has 0 aliphatic rings. The number of carboxylic acid groups (broad SMARTS) is 1. The third-order valence-corrected chi connectivity index (χ3v) is 4.17. The molecule has 0 saturated carbocycles. The highest BCUT2D eigenvalue weighted by molar-refractivity contribution is 5.94. The summed E-state index contributed by atoms with van der Waals surface area (Å²) in [6.07, 6.45) is 1.84. The zero-order chi connectivity index (χ0) is 19.9. The van der Waals surface area contributed by atoms with Crippen LogP contribution >= 0.6 is 0 Å². The Morgan fingerprint density at radius 3 is 2.46 bits per heavy atom. The molecule has 28 heavy (non-hydrogen) atoms. The summed E-state index contributed by atoms with van der Waals surface area (Å²) >= 11 is 0. The van der Waals surface area contributed by atoms with Crippen LogP contribution in [0.25, 0.3) is 10.9 Å². The van der Waals surface area contributed by atoms with Gasteiger partial charge in [-0.05, 0) is 23.8 Å². The summed E-state index contributed by atoms with van der Waals surface area (Å²) < 4.78 is 0. The minimum absolute atomic E-state index is 0.114. The summed E-state index contributed by atoms with van der Waals surface area (Å²) in [6, 6.07) is 14.5. The standard InChI is InChI=1S/C20H20N4O4/c25-18(23-14-6-2-1-3-7-14)12-22-20(28)24-17(19(26)27)10-13-11-21-16-9-5-4-8-15(13)16/h1-9,11,17,21H,10,12H2,(H,23,25)(H,26,27)(H2,22,24,28)/t17-/m0/s1. The van der Waals surface area contributed by atoms with E-state index < -0.39 is 23.9 Å². The van der Waals surface area contributed by atoms with Crippen LogP contribution in [0.15, 0.2) is 60.8 Å². The number of carboxylic acids is 1. The predicted molar refractivity (Wildman–Crippen MR) is 105 cm³/mol. The quantitative estimate of drug-likeness (QED) is 0.431. The maximum absolute atomic E-state index is 12.0. The molecule has 144 valence electrons. The van der Waals surface area contributed by atoms with Gasteiger partial charge in [-0.15, -0.1) is 0 Å². The van der Waals surface area contributed by atoms with Crippen LogP contribution in [-0.2, 0) is 16.0 Å². The van der Waals surface area contributed by atoms with Crippen LogP contribution in [0.3, 0.4) is 0 Å². The summed E-state index contributed by atoms with van der Waals surface area (Å²) in [6.45, 7) is -0.278. The second-order valence-electron chi connectivity index (χ2n) is 6.20. The first-order chi connectivity index (χ1) is 13.5. The number of benzene rings is 2. The van der Waals surface area contributed by atoms with Gasteiger partial charge in [0.05, 0.1) is 6.54 Å². The molecule has 8 nitrogen and oxygen atoms in total. The molecule has 0 saturated heterocycles. The van der Waals surface area contributed by atoms with E-state index >= 15 is 0 Å². The van der Waals surface area contributed by atoms with Crippen molar-refractivity contribution >= 4 is 34.5 Å². The molecule has 0 unspecified atom stereocenters. The molecule has 3 amide bonds. The Balaban J connectivity index is 1.54. The highest BCUT2D eigenvalue weighted by Gasteiger charge is 2.22. The van der Waals surface area contributed by atoms with E-state index in [9.17, 15) is 19.5 Å². The van der Waals surface area contributed by atoms with Gasteiger partial charge in [0, 0.05) is 29.2 Å². The number of amides is 3. The zero-order valence-electron chi connectivity index (χ0n) is 14.9. The number of carbonyl (C=O) groups is 3. The van der Waals surface area contributed by atoms with Crippen LogP contribution in [0.5, 0.6) is 0 Å². The number of nitrogens with one attached hydrogen (secondary N) is 4. The molecule has 1 heterocycles. The first-order valence-electron chi connectivity index (χ1n) is 8.70. The summed E-state index contributed by atoms with van der Waals surface area (Å²) in [5, 5.41) is 17.7. The monoisotopic (exact) mass is 380 g/mol. The van der Waals surface area contributed by atoms with Gasteiger partial charge in [-0.1, -0.05) is 36.4 Å². The second-order valence-corrected chi connectivity index (χ2v) is 6.20. The topological polar surface area (TPSA) is 123 Å². The van der Waals surface area contributed by atoms with Crippen molar-refractivity contribution in [1.82, 2.24) is 15.6 Å². The first kappa shape index (κ1) is 19.0. The molecule has 0 spiro atoms. The van der Waals surface area contributed by atoms with Crippen molar-refractivity contribution in [3.05, 3.63) is 66.4 Å². The predicted octanol–water partition coefficient (Wildman–Crippen LogP) is 2.10. The number of fused-ring (bicyclic) bond motifs is 1. The number of hydrogen-bond acceptors (Lipinski definition) is 3. The molecule has 3 rings (SSSR count). The van der Waals surface area contributed by atoms with Crippen molar-refractivity contribution in [3.63, 3.8) is 0 Å². The van der Waals surface area contributed by atoms with Gasteiger partial charge in [-0.3, -0.25) is 4.79 Å². The fourth-order valence-corrected chi connectivity index (χ4v) is 2.82. The number of H-pyrrole nitrogens is 1. The van der Waals surface area contributed by atoms with Crippen molar-refractivity contribution in [2.75, 3.05) is 11.9 Å². The lowest BCUT2D eigenvalue weighted by molar-refractivity contribution is -0.139. The van der Waals surface area contributed by atoms with Crippen molar-refractivity contribution in [1.29, 1.82) is 0 Å². The first-order valence-corrected chi connectivity index (χ1v) is 8.70. The molecule has 0 bridgehead atoms. The fourth-order valence-electron chi connectivity index (χ4n) is 2.82. The maximum Gasteiger partial charge on any atom is 0.326 e. The molecule has 8 heteroatoms. The minimum atomic E-state index is -1.16. The number of aromatic nitrogens is 1. The zero-order valence-corrected chi connectivity index (χ0v) is 14.9. The third-order valence-electron chi connectivity index (χ3n) is 4.17. The van der Waals surface area contributed by atoms with Gasteiger partial charge in [0.2, 0.25) is 5.91 Å². The van der Waals surface area contributed by atoms with Gasteiger partial charge < -0.3 is 26.0 Å². The van der Waals surface area contributed by atoms with E-state index in [0.29, 0.717) is 5.69 Å². The van der Waals surface area contributed by atoms with E-state index in [1.165, 1.54) is 0 Å². The molecular weight excluding hydrogens is 360 g/mol. The van der Waals surface area contributed by atoms with Crippen molar-refractivity contribution in [2.45, 2.75) is 12.5 Å². The van der Waals surface area contributed by atoms with E-state index in [2.05, 4.69) is 20.9 Å². The molecule has 3 aromatic rings. The molecule has 5 N–H and O–H groups in total. The van der Waals surface area contributed by atoms with Gasteiger partial charge in [0.1, 0.15) is 6.04 Å². The van der Waals surface area contributed by atoms with E-state index in [4.69, 9.17) is 0 Å². The smallest absolute Gasteiger partial charge is 0.326 e. The van der Waals surface area contributed by atoms with E-state index in [0.717, 1.165) is 16.5 Å². The number of hydrogen-bond donors (Lipinski definition) is 5. The van der Waals surface area contributed by atoms with Crippen LogP contribution in [0.1, 0.15) is 5.56 Å². The number of urea groups is 1. The van der Waals surface area contributed by atoms with Crippen LogP contribution in [0.2, 0.25) is 0 Å². The lowest BCUT2D eigenvalue weighted by Gasteiger charge is -2.15. The summed E-state index contributed by atoms with van der Waals surface area (Å²) in [4.78, 5) is 38.5. The minimum Gasteiger partial charge on any atom is -0.480 e. The largest absolute Gasteiger partial charge is 0.480 e. The number of carbonyl (C=O) groups excluding carboxylic acids is 2. The molecule has 1 aromatic heterocycles. The lowest BCUT2D eigenvalue weighted by Crippen LogP contribution is -2.48. The highest BCUT2D eigenvalue weighted by Crippen LogP contribution is 2.19. The van der Waals surface area contributed by atoms with Crippen molar-refractivity contribution < 1.29 is 19.5 Å². The SMILES string of the molecule is O=C(CNC(=O)N[C@@H](Cc1c[nH]c2ccccc12)C(=O)O)Nc1ccccc1. The van der Waals surface area contributed by atoms with Crippen LogP contribution in [0.4, 0.5) is 10.5 Å². The number of aromatic amines is 1. The van der Waals surface area contributed by atoms with E-state index in [-0.39, 0.29) is 13.0 Å². The Morgan fingerprint density at radius 1 is 1.00 bits per heavy atom. The normalized spacial score (nSPS) is 11.6. The molecular formula is C20H20N4O4. The highest BCUT2D eigenvalue weighted by atomic mass is 16.4. The molecule has 0 radical (unpaired) electrons. The van der Waals surface area contributed by atoms with Crippen molar-refractivity contribution in [3.8, 4) is 0 Å². The summed E-state index contributed by atoms with van der Waals surface area (Å²) in [5.41, 5.74) is 2.28. The molecule has 0 aliphatic heterocycles. The van der Waals surface area contributed by atoms with Crippen LogP contribution in [-0.4, -0.2) is 40.6 Å². The Kier molecular flexibility index (Phi) is 5.91. The van der Waals surface area contributed by atoms with Crippen LogP contribution < -0.4 is 16.0 Å². The van der Waals surface area contributed by atoms with Gasteiger partial charge in [-0.25, -0.2) is 9.59 Å². The van der Waals surface area contributed by atoms with Crippen LogP contribution in [0, 0.1) is 0 Å². The number of rotatable bonds is 7. The molecule has 1 atom stereocenters. The Hall–Kier alpha value is -3.81. The van der Waals surface area contributed by atoms with E-state index in [1.54, 1.807) is 30.5 Å². The number of aliphatic carboxylic acids is 1. The summed E-state index contributed by atoms with van der Waals surface area (Å²) in [7, 11) is 0. The molecule has 0 fully saturated rings. The van der Waals surface area contributed by atoms with Crippen molar-refractivity contribution in [2.24, 2.45) is 0 Å². The van der Waals surface area contributed by atoms with Gasteiger partial charge >= 0.3 is 12.0 Å². The summed E-state index contributed by atoms with van der Waals surface area (Å²) in [5.74, 6) is -1.57. The average Bonchev–Trinajstić information content (AvgIpc) is 3.09. The average molecular weight is 380 g/mol. The maximum atomic E-state index is 12.0. The number of anilines is 1. The van der Waals surface area contributed by atoms with E-state index in [1.807, 2.05) is 30.3 Å². The Bertz CT molecular complexity index is 984. The number of para-hydroxylation sites is 2.